The van der Waals surface area contributed by atoms with Gasteiger partial charge < -0.3 is 9.47 Å². The maximum absolute atomic E-state index is 5.24. The molecule has 0 amide bonds. The number of para-hydroxylation sites is 3. The lowest BCUT2D eigenvalue weighted by Gasteiger charge is -2.42. The third-order valence-corrected chi connectivity index (χ3v) is 12.7. The quantitative estimate of drug-likeness (QED) is 0.174. The molecule has 0 unspecified atom stereocenters. The van der Waals surface area contributed by atoms with E-state index >= 15 is 0 Å². The van der Waals surface area contributed by atoms with Gasteiger partial charge in [0.05, 0.1) is 33.6 Å². The van der Waals surface area contributed by atoms with Gasteiger partial charge in [-0.1, -0.05) is 159 Å². The third kappa shape index (κ3) is 5.46. The number of fused-ring (bicyclic) bond motifs is 8. The van der Waals surface area contributed by atoms with Gasteiger partial charge in [0.15, 0.2) is 5.82 Å². The van der Waals surface area contributed by atoms with Gasteiger partial charge in [-0.05, 0) is 93.7 Å². The number of rotatable bonds is 5. The van der Waals surface area contributed by atoms with Crippen molar-refractivity contribution in [2.24, 2.45) is 0 Å². The fourth-order valence-corrected chi connectivity index (χ4v) is 9.88. The lowest BCUT2D eigenvalue weighted by Crippen LogP contribution is -2.30. The second kappa shape index (κ2) is 13.6. The first kappa shape index (κ1) is 35.2. The fourth-order valence-electron chi connectivity index (χ4n) is 9.88. The predicted molar refractivity (Wildman–Crippen MR) is 255 cm³/mol. The average molecular weight is 781 g/mol. The summed E-state index contributed by atoms with van der Waals surface area (Å²) in [6.07, 6.45) is 0. The molecule has 0 saturated heterocycles. The molecule has 1 aliphatic heterocycles. The topological polar surface area (TPSA) is 34.0 Å². The Bertz CT molecular complexity index is 3510. The Hall–Kier alpha value is -7.82. The smallest absolute Gasteiger partial charge is 0.160 e. The van der Waals surface area contributed by atoms with Crippen molar-refractivity contribution in [2.45, 2.75) is 19.3 Å². The van der Waals surface area contributed by atoms with Gasteiger partial charge in [-0.2, -0.15) is 0 Å². The zero-order valence-electron chi connectivity index (χ0n) is 33.9. The molecule has 3 heterocycles. The van der Waals surface area contributed by atoms with Crippen molar-refractivity contribution < 1.29 is 0 Å². The molecular weight excluding hydrogens is 741 g/mol. The maximum Gasteiger partial charge on any atom is 0.160 e. The van der Waals surface area contributed by atoms with Crippen molar-refractivity contribution in [3.05, 3.63) is 217 Å². The van der Waals surface area contributed by atoms with Gasteiger partial charge in [-0.15, -0.1) is 0 Å². The maximum atomic E-state index is 5.24. The molecule has 11 aromatic rings. The van der Waals surface area contributed by atoms with E-state index in [0.717, 1.165) is 50.1 Å². The summed E-state index contributed by atoms with van der Waals surface area (Å²) < 4.78 is 2.43. The minimum Gasteiger partial charge on any atom is -0.310 e. The molecule has 4 heteroatoms. The van der Waals surface area contributed by atoms with E-state index < -0.39 is 0 Å². The van der Waals surface area contributed by atoms with Gasteiger partial charge >= 0.3 is 0 Å². The molecule has 4 nitrogen and oxygen atoms in total. The summed E-state index contributed by atoms with van der Waals surface area (Å²) in [5.74, 6) is 0.703. The zero-order valence-corrected chi connectivity index (χ0v) is 33.9. The van der Waals surface area contributed by atoms with E-state index in [1.807, 2.05) is 12.1 Å². The number of aromatic nitrogens is 3. The number of hydrogen-bond donors (Lipinski definition) is 0. The molecule has 0 bridgehead atoms. The van der Waals surface area contributed by atoms with E-state index in [4.69, 9.17) is 9.97 Å². The molecule has 1 aliphatic rings. The zero-order chi connectivity index (χ0) is 40.7. The molecule has 2 aromatic heterocycles. The molecule has 0 saturated carbocycles. The van der Waals surface area contributed by atoms with Gasteiger partial charge in [0, 0.05) is 44.1 Å². The van der Waals surface area contributed by atoms with Crippen LogP contribution in [0, 0.1) is 0 Å². The van der Waals surface area contributed by atoms with Crippen molar-refractivity contribution in [1.82, 2.24) is 14.5 Å². The Balaban J connectivity index is 1.08. The van der Waals surface area contributed by atoms with Gasteiger partial charge in [-0.25, -0.2) is 9.97 Å². The van der Waals surface area contributed by atoms with Gasteiger partial charge in [0.25, 0.3) is 0 Å². The minimum absolute atomic E-state index is 0.229. The Morgan fingerprint density at radius 3 is 1.97 bits per heavy atom. The van der Waals surface area contributed by atoms with Crippen LogP contribution in [0.2, 0.25) is 0 Å². The van der Waals surface area contributed by atoms with Crippen LogP contribution in [0.3, 0.4) is 0 Å². The highest BCUT2D eigenvalue weighted by Gasteiger charge is 2.37. The van der Waals surface area contributed by atoms with Crippen molar-refractivity contribution in [1.29, 1.82) is 0 Å². The monoisotopic (exact) mass is 780 g/mol. The molecule has 12 rings (SSSR count). The molecule has 0 spiro atoms. The highest BCUT2D eigenvalue weighted by atomic mass is 15.2. The summed E-state index contributed by atoms with van der Waals surface area (Å²) in [5.41, 5.74) is 15.7. The summed E-state index contributed by atoms with van der Waals surface area (Å²) in [5, 5.41) is 5.98. The number of nitrogens with zero attached hydrogens (tertiary/aromatic N) is 4. The van der Waals surface area contributed by atoms with Crippen LogP contribution in [-0.4, -0.2) is 14.5 Å². The molecule has 0 aliphatic carbocycles. The van der Waals surface area contributed by atoms with Crippen LogP contribution in [0.1, 0.15) is 25.0 Å². The van der Waals surface area contributed by atoms with Crippen LogP contribution in [-0.2, 0) is 5.41 Å². The van der Waals surface area contributed by atoms with Crippen LogP contribution in [0.25, 0.3) is 82.9 Å². The minimum atomic E-state index is -0.229. The van der Waals surface area contributed by atoms with Gasteiger partial charge in [0.1, 0.15) is 0 Å². The summed E-state index contributed by atoms with van der Waals surface area (Å²) in [7, 11) is 0. The second-order valence-electron chi connectivity index (χ2n) is 16.6. The van der Waals surface area contributed by atoms with Gasteiger partial charge in [-0.3, -0.25) is 0 Å². The molecule has 9 aromatic carbocycles. The van der Waals surface area contributed by atoms with E-state index in [2.05, 4.69) is 217 Å². The molecular formula is C57H40N4. The first-order valence-electron chi connectivity index (χ1n) is 21.0. The molecule has 0 N–H and O–H groups in total. The summed E-state index contributed by atoms with van der Waals surface area (Å²) in [4.78, 5) is 12.8. The average Bonchev–Trinajstić information content (AvgIpc) is 3.67. The van der Waals surface area contributed by atoms with E-state index in [1.54, 1.807) is 0 Å². The predicted octanol–water partition coefficient (Wildman–Crippen LogP) is 15.0. The second-order valence-corrected chi connectivity index (χ2v) is 16.6. The highest BCUT2D eigenvalue weighted by molar-refractivity contribution is 6.25. The van der Waals surface area contributed by atoms with Crippen LogP contribution in [0.4, 0.5) is 17.1 Å². The van der Waals surface area contributed by atoms with Crippen molar-refractivity contribution in [2.75, 3.05) is 4.90 Å². The third-order valence-electron chi connectivity index (χ3n) is 12.7. The Kier molecular flexibility index (Phi) is 7.85. The first-order valence-corrected chi connectivity index (χ1v) is 21.0. The summed E-state index contributed by atoms with van der Waals surface area (Å²) in [6.45, 7) is 4.73. The van der Waals surface area contributed by atoms with Crippen LogP contribution in [0.5, 0.6) is 0 Å². The number of anilines is 3. The molecule has 0 radical (unpaired) electrons. The van der Waals surface area contributed by atoms with E-state index in [1.165, 1.54) is 55.2 Å². The first-order chi connectivity index (χ1) is 30.0. The lowest BCUT2D eigenvalue weighted by atomic mass is 9.73. The van der Waals surface area contributed by atoms with E-state index in [9.17, 15) is 0 Å². The normalized spacial score (nSPS) is 13.2. The van der Waals surface area contributed by atoms with Gasteiger partial charge in [0.2, 0.25) is 0 Å². The number of benzene rings is 9. The van der Waals surface area contributed by atoms with Crippen molar-refractivity contribution in [3.63, 3.8) is 0 Å². The Morgan fingerprint density at radius 1 is 0.426 bits per heavy atom. The summed E-state index contributed by atoms with van der Waals surface area (Å²) in [6, 6.07) is 74.3. The Labute approximate surface area is 354 Å². The van der Waals surface area contributed by atoms with Crippen LogP contribution in [0.15, 0.2) is 206 Å². The molecule has 61 heavy (non-hydrogen) atoms. The van der Waals surface area contributed by atoms with E-state index in [0.29, 0.717) is 5.82 Å². The molecule has 288 valence electrons. The molecule has 0 fully saturated rings. The highest BCUT2D eigenvalue weighted by Crippen LogP contribution is 2.53. The standard InChI is InChI=1S/C57H40N4/c1-57(2)46-27-12-14-29-49(46)60(41-21-7-4-8-22-41)50-33-32-39(36-47(50)57)44-26-16-30-51-54(44)53-43-24-10-9-17-37(43)31-34-52(53)61(51)42-23-15-20-40(35-42)56-58-48-28-13-11-25-45(48)55(59-56)38-18-5-3-6-19-38/h3-36H,1-2H3. The molecule has 0 atom stereocenters. The van der Waals surface area contributed by atoms with Crippen LogP contribution >= 0.6 is 0 Å². The Morgan fingerprint density at radius 2 is 1.10 bits per heavy atom. The number of hydrogen-bond acceptors (Lipinski definition) is 3. The SMILES string of the molecule is CC1(C)c2ccccc2N(c2ccccc2)c2ccc(-c3cccc4c3c3c5ccccc5ccc3n4-c3cccc(-c4nc(-c5ccccc5)c5ccccc5n4)c3)cc21. The van der Waals surface area contributed by atoms with Crippen molar-refractivity contribution in [3.8, 4) is 39.5 Å². The van der Waals surface area contributed by atoms with E-state index in [-0.39, 0.29) is 5.41 Å². The lowest BCUT2D eigenvalue weighted by molar-refractivity contribution is 0.632. The largest absolute Gasteiger partial charge is 0.310 e. The van der Waals surface area contributed by atoms with Crippen LogP contribution < -0.4 is 4.90 Å². The fraction of sp³-hybridized carbons (Fsp3) is 0.0526. The summed E-state index contributed by atoms with van der Waals surface area (Å²) >= 11 is 0. The van der Waals surface area contributed by atoms with Crippen molar-refractivity contribution >= 4 is 60.5 Å².